The average Bonchev–Trinajstić information content (AvgIpc) is 2.52. The number of rotatable bonds is 5. The number of aromatic hydroxyl groups is 2. The van der Waals surface area contributed by atoms with E-state index in [2.05, 4.69) is 0 Å². The van der Waals surface area contributed by atoms with Gasteiger partial charge in [-0.05, 0) is 41.3 Å². The van der Waals surface area contributed by atoms with Crippen molar-refractivity contribution in [2.75, 3.05) is 7.11 Å². The highest BCUT2D eigenvalue weighted by atomic mass is 16.5. The van der Waals surface area contributed by atoms with Crippen LogP contribution in [-0.2, 0) is 0 Å². The summed E-state index contributed by atoms with van der Waals surface area (Å²) in [5.74, 6) is 0.239. The maximum Gasteiger partial charge on any atom is 0.189 e. The Labute approximate surface area is 135 Å². The van der Waals surface area contributed by atoms with Crippen molar-refractivity contribution < 1.29 is 19.7 Å². The Morgan fingerprint density at radius 1 is 1.09 bits per heavy atom. The number of benzene rings is 2. The summed E-state index contributed by atoms with van der Waals surface area (Å²) in [6.07, 6.45) is 3.07. The van der Waals surface area contributed by atoms with Crippen LogP contribution < -0.4 is 4.74 Å². The molecule has 0 radical (unpaired) electrons. The Morgan fingerprint density at radius 2 is 1.74 bits per heavy atom. The Bertz CT molecular complexity index is 728. The van der Waals surface area contributed by atoms with E-state index in [0.717, 1.165) is 11.3 Å². The average molecular weight is 312 g/mol. The Hall–Kier alpha value is -2.75. The fraction of sp³-hybridized carbons (Fsp3) is 0.211. The van der Waals surface area contributed by atoms with Gasteiger partial charge in [-0.2, -0.15) is 0 Å². The summed E-state index contributed by atoms with van der Waals surface area (Å²) in [4.78, 5) is 12.3. The third-order valence-electron chi connectivity index (χ3n) is 3.58. The Balaban J connectivity index is 2.26. The molecule has 0 saturated carbocycles. The van der Waals surface area contributed by atoms with Gasteiger partial charge in [-0.15, -0.1) is 0 Å². The number of ether oxygens (including phenoxy) is 1. The second kappa shape index (κ2) is 7.01. The van der Waals surface area contributed by atoms with Crippen LogP contribution in [0.15, 0.2) is 42.5 Å². The maximum absolute atomic E-state index is 12.3. The first kappa shape index (κ1) is 16.6. The van der Waals surface area contributed by atoms with E-state index in [4.69, 9.17) is 4.74 Å². The van der Waals surface area contributed by atoms with Crippen molar-refractivity contribution in [1.82, 2.24) is 0 Å². The van der Waals surface area contributed by atoms with Crippen LogP contribution in [0.5, 0.6) is 17.2 Å². The summed E-state index contributed by atoms with van der Waals surface area (Å²) in [5.41, 5.74) is 1.65. The second-order valence-electron chi connectivity index (χ2n) is 5.55. The van der Waals surface area contributed by atoms with Crippen LogP contribution in [0.4, 0.5) is 0 Å². The first-order valence-electron chi connectivity index (χ1n) is 7.34. The van der Waals surface area contributed by atoms with Crippen molar-refractivity contribution in [3.8, 4) is 17.2 Å². The predicted octanol–water partition coefficient (Wildman–Crippen LogP) is 4.13. The molecule has 0 aliphatic carbocycles. The van der Waals surface area contributed by atoms with E-state index < -0.39 is 0 Å². The number of carbonyl (C=O) groups excluding carboxylic acids is 1. The van der Waals surface area contributed by atoms with Gasteiger partial charge in [0.05, 0.1) is 12.7 Å². The van der Waals surface area contributed by atoms with Gasteiger partial charge in [-0.3, -0.25) is 4.79 Å². The third-order valence-corrected chi connectivity index (χ3v) is 3.58. The molecule has 0 fully saturated rings. The van der Waals surface area contributed by atoms with Gasteiger partial charge in [0.2, 0.25) is 0 Å². The van der Waals surface area contributed by atoms with Crippen molar-refractivity contribution >= 4 is 11.9 Å². The summed E-state index contributed by atoms with van der Waals surface area (Å²) in [6, 6.07) is 10.0. The monoisotopic (exact) mass is 312 g/mol. The lowest BCUT2D eigenvalue weighted by Crippen LogP contribution is -1.98. The van der Waals surface area contributed by atoms with Gasteiger partial charge >= 0.3 is 0 Å². The number of allylic oxidation sites excluding steroid dienone is 1. The summed E-state index contributed by atoms with van der Waals surface area (Å²) >= 11 is 0. The van der Waals surface area contributed by atoms with Gasteiger partial charge in [0.1, 0.15) is 17.2 Å². The molecule has 2 N–H and O–H groups in total. The van der Waals surface area contributed by atoms with Crippen molar-refractivity contribution in [2.24, 2.45) is 0 Å². The van der Waals surface area contributed by atoms with E-state index in [1.165, 1.54) is 18.2 Å². The number of carbonyl (C=O) groups is 1. The first-order chi connectivity index (χ1) is 10.9. The number of hydrogen-bond donors (Lipinski definition) is 2. The number of methoxy groups -OCH3 is 1. The van der Waals surface area contributed by atoms with Crippen LogP contribution in [0.25, 0.3) is 6.08 Å². The van der Waals surface area contributed by atoms with Crippen LogP contribution in [0.1, 0.15) is 41.3 Å². The fourth-order valence-electron chi connectivity index (χ4n) is 2.23. The van der Waals surface area contributed by atoms with Gasteiger partial charge in [0, 0.05) is 6.07 Å². The number of phenolic OH excluding ortho intramolecular Hbond substituents is 2. The Kier molecular flexibility index (Phi) is 5.06. The lowest BCUT2D eigenvalue weighted by atomic mass is 9.97. The van der Waals surface area contributed by atoms with Crippen LogP contribution >= 0.6 is 0 Å². The van der Waals surface area contributed by atoms with E-state index in [-0.39, 0.29) is 28.8 Å². The fourth-order valence-corrected chi connectivity index (χ4v) is 2.23. The molecular formula is C19H20O4. The van der Waals surface area contributed by atoms with Gasteiger partial charge in [0.15, 0.2) is 5.78 Å². The highest BCUT2D eigenvalue weighted by molar-refractivity contribution is 6.08. The van der Waals surface area contributed by atoms with Crippen molar-refractivity contribution in [3.63, 3.8) is 0 Å². The van der Waals surface area contributed by atoms with Crippen molar-refractivity contribution in [2.45, 2.75) is 19.8 Å². The minimum atomic E-state index is -0.319. The van der Waals surface area contributed by atoms with Crippen LogP contribution in [0.3, 0.4) is 0 Å². The van der Waals surface area contributed by atoms with Gasteiger partial charge < -0.3 is 14.9 Å². The maximum atomic E-state index is 12.3. The molecule has 23 heavy (non-hydrogen) atoms. The molecule has 0 aliphatic heterocycles. The lowest BCUT2D eigenvalue weighted by molar-refractivity contribution is 0.104. The normalized spacial score (nSPS) is 11.1. The van der Waals surface area contributed by atoms with Crippen molar-refractivity contribution in [1.29, 1.82) is 0 Å². The van der Waals surface area contributed by atoms with Crippen LogP contribution in [-0.4, -0.2) is 23.1 Å². The zero-order valence-electron chi connectivity index (χ0n) is 13.4. The second-order valence-corrected chi connectivity index (χ2v) is 5.55. The first-order valence-corrected chi connectivity index (χ1v) is 7.34. The molecule has 4 nitrogen and oxygen atoms in total. The minimum absolute atomic E-state index is 0.00631. The molecule has 0 aliphatic rings. The third kappa shape index (κ3) is 3.92. The molecule has 2 aromatic carbocycles. The highest BCUT2D eigenvalue weighted by Crippen LogP contribution is 2.32. The molecule has 120 valence electrons. The van der Waals surface area contributed by atoms with E-state index >= 15 is 0 Å². The number of phenols is 2. The molecule has 2 rings (SSSR count). The molecule has 2 aromatic rings. The van der Waals surface area contributed by atoms with E-state index in [1.54, 1.807) is 25.3 Å². The van der Waals surface area contributed by atoms with E-state index in [9.17, 15) is 15.0 Å². The quantitative estimate of drug-likeness (QED) is 0.643. The molecule has 0 amide bonds. The zero-order valence-corrected chi connectivity index (χ0v) is 13.4. The zero-order chi connectivity index (χ0) is 17.0. The van der Waals surface area contributed by atoms with E-state index in [1.807, 2.05) is 26.0 Å². The molecule has 0 atom stereocenters. The largest absolute Gasteiger partial charge is 0.508 e. The van der Waals surface area contributed by atoms with Gasteiger partial charge in [-0.25, -0.2) is 0 Å². The molecule has 0 bridgehead atoms. The SMILES string of the molecule is COc1ccc(/C=C/C(=O)c2cc(C(C)C)c(O)cc2O)cc1. The topological polar surface area (TPSA) is 66.8 Å². The van der Waals surface area contributed by atoms with Crippen LogP contribution in [0, 0.1) is 0 Å². The summed E-state index contributed by atoms with van der Waals surface area (Å²) < 4.78 is 5.08. The molecule has 0 heterocycles. The highest BCUT2D eigenvalue weighted by Gasteiger charge is 2.15. The van der Waals surface area contributed by atoms with Crippen molar-refractivity contribution in [3.05, 3.63) is 59.2 Å². The van der Waals surface area contributed by atoms with E-state index in [0.29, 0.717) is 5.56 Å². The molecule has 0 unspecified atom stereocenters. The van der Waals surface area contributed by atoms with Gasteiger partial charge in [-0.1, -0.05) is 32.1 Å². The summed E-state index contributed by atoms with van der Waals surface area (Å²) in [6.45, 7) is 3.82. The molecule has 4 heteroatoms. The van der Waals surface area contributed by atoms with Crippen LogP contribution in [0.2, 0.25) is 0 Å². The molecule has 0 spiro atoms. The summed E-state index contributed by atoms with van der Waals surface area (Å²) in [5, 5.41) is 19.7. The number of hydrogen-bond acceptors (Lipinski definition) is 4. The lowest BCUT2D eigenvalue weighted by Gasteiger charge is -2.11. The Morgan fingerprint density at radius 3 is 2.30 bits per heavy atom. The predicted molar refractivity (Wildman–Crippen MR) is 90.2 cm³/mol. The summed E-state index contributed by atoms with van der Waals surface area (Å²) in [7, 11) is 1.59. The smallest absolute Gasteiger partial charge is 0.189 e. The molecule has 0 aromatic heterocycles. The minimum Gasteiger partial charge on any atom is -0.508 e. The standard InChI is InChI=1S/C19H20O4/c1-12(2)15-10-16(19(22)11-18(15)21)17(20)9-6-13-4-7-14(23-3)8-5-13/h4-12,21-22H,1-3H3/b9-6+. The number of ketones is 1. The molecular weight excluding hydrogens is 292 g/mol. The van der Waals surface area contributed by atoms with Gasteiger partial charge in [0.25, 0.3) is 0 Å². The molecule has 0 saturated heterocycles.